The molecule has 2 aliphatic rings. The van der Waals surface area contributed by atoms with E-state index < -0.39 is 5.91 Å². The summed E-state index contributed by atoms with van der Waals surface area (Å²) in [5.41, 5.74) is 1.42. The molecule has 4 rings (SSSR count). The molecule has 160 valence electrons. The van der Waals surface area contributed by atoms with Crippen molar-refractivity contribution in [2.45, 2.75) is 19.4 Å². The molecule has 0 radical (unpaired) electrons. The van der Waals surface area contributed by atoms with Crippen LogP contribution in [0.4, 0.5) is 5.69 Å². The first-order chi connectivity index (χ1) is 15.1. The predicted octanol–water partition coefficient (Wildman–Crippen LogP) is 2.56. The van der Waals surface area contributed by atoms with Gasteiger partial charge >= 0.3 is 0 Å². The van der Waals surface area contributed by atoms with E-state index in [9.17, 15) is 14.4 Å². The second-order valence-corrected chi connectivity index (χ2v) is 7.48. The molecule has 31 heavy (non-hydrogen) atoms. The number of pyridine rings is 1. The van der Waals surface area contributed by atoms with Crippen LogP contribution in [0.15, 0.2) is 54.9 Å². The van der Waals surface area contributed by atoms with Crippen LogP contribution in [0.25, 0.3) is 0 Å². The predicted molar refractivity (Wildman–Crippen MR) is 112 cm³/mol. The maximum absolute atomic E-state index is 12.6. The highest BCUT2D eigenvalue weighted by Gasteiger charge is 2.47. The van der Waals surface area contributed by atoms with E-state index in [0.29, 0.717) is 36.6 Å². The molecule has 0 spiro atoms. The number of methoxy groups -OCH3 is 1. The summed E-state index contributed by atoms with van der Waals surface area (Å²) in [6, 6.07) is 8.69. The van der Waals surface area contributed by atoms with E-state index in [1.54, 1.807) is 30.6 Å². The number of hydrogen-bond donors (Lipinski definition) is 1. The van der Waals surface area contributed by atoms with Gasteiger partial charge in [-0.05, 0) is 42.7 Å². The van der Waals surface area contributed by atoms with Crippen LogP contribution in [0.5, 0.6) is 11.5 Å². The number of allylic oxidation sites excluding steroid dienone is 2. The van der Waals surface area contributed by atoms with Crippen molar-refractivity contribution in [1.82, 2.24) is 9.88 Å². The van der Waals surface area contributed by atoms with Crippen LogP contribution in [0.2, 0.25) is 0 Å². The van der Waals surface area contributed by atoms with Crippen molar-refractivity contribution >= 4 is 23.4 Å². The smallest absolute Gasteiger partial charge is 0.244 e. The van der Waals surface area contributed by atoms with Crippen LogP contribution >= 0.6 is 0 Å². The van der Waals surface area contributed by atoms with Crippen molar-refractivity contribution in [3.05, 3.63) is 60.4 Å². The fraction of sp³-hybridized carbons (Fsp3) is 0.304. The van der Waals surface area contributed by atoms with E-state index in [-0.39, 0.29) is 30.2 Å². The van der Waals surface area contributed by atoms with Gasteiger partial charge in [-0.3, -0.25) is 24.3 Å². The second-order valence-electron chi connectivity index (χ2n) is 7.48. The molecule has 2 unspecified atom stereocenters. The molecule has 1 aliphatic heterocycles. The lowest BCUT2D eigenvalue weighted by molar-refractivity contribution is -0.142. The Morgan fingerprint density at radius 2 is 1.74 bits per heavy atom. The Hall–Kier alpha value is -3.68. The average molecular weight is 421 g/mol. The van der Waals surface area contributed by atoms with Gasteiger partial charge in [-0.2, -0.15) is 0 Å². The third-order valence-corrected chi connectivity index (χ3v) is 5.49. The van der Waals surface area contributed by atoms with Crippen molar-refractivity contribution in [2.24, 2.45) is 11.8 Å². The maximum Gasteiger partial charge on any atom is 0.244 e. The lowest BCUT2D eigenvalue weighted by Gasteiger charge is -2.16. The number of carbonyl (C=O) groups is 3. The van der Waals surface area contributed by atoms with Crippen molar-refractivity contribution in [2.75, 3.05) is 19.0 Å². The summed E-state index contributed by atoms with van der Waals surface area (Å²) < 4.78 is 11.2. The van der Waals surface area contributed by atoms with Gasteiger partial charge in [0.15, 0.2) is 11.5 Å². The van der Waals surface area contributed by atoms with Gasteiger partial charge < -0.3 is 14.8 Å². The Morgan fingerprint density at radius 3 is 2.39 bits per heavy atom. The quantitative estimate of drug-likeness (QED) is 0.545. The number of fused-ring (bicyclic) bond motifs is 1. The fourth-order valence-electron chi connectivity index (χ4n) is 3.88. The van der Waals surface area contributed by atoms with E-state index >= 15 is 0 Å². The number of benzene rings is 1. The van der Waals surface area contributed by atoms with Gasteiger partial charge in [-0.25, -0.2) is 0 Å². The summed E-state index contributed by atoms with van der Waals surface area (Å²) in [4.78, 5) is 42.7. The molecule has 1 N–H and O–H groups in total. The van der Waals surface area contributed by atoms with Crippen LogP contribution < -0.4 is 14.8 Å². The number of anilines is 1. The van der Waals surface area contributed by atoms with E-state index in [2.05, 4.69) is 10.3 Å². The zero-order valence-electron chi connectivity index (χ0n) is 17.1. The van der Waals surface area contributed by atoms with E-state index in [4.69, 9.17) is 9.47 Å². The number of likely N-dealkylation sites (tertiary alicyclic amines) is 1. The van der Waals surface area contributed by atoms with Crippen LogP contribution in [0.1, 0.15) is 18.4 Å². The van der Waals surface area contributed by atoms with Crippen LogP contribution in [0.3, 0.4) is 0 Å². The molecule has 2 aromatic rings. The third-order valence-electron chi connectivity index (χ3n) is 5.49. The van der Waals surface area contributed by atoms with Gasteiger partial charge in [0.2, 0.25) is 17.7 Å². The number of amides is 3. The molecule has 1 fully saturated rings. The Labute approximate surface area is 179 Å². The van der Waals surface area contributed by atoms with Crippen molar-refractivity contribution in [3.8, 4) is 11.5 Å². The molecule has 2 atom stereocenters. The number of aromatic nitrogens is 1. The molecule has 1 aromatic carbocycles. The van der Waals surface area contributed by atoms with Crippen LogP contribution in [0, 0.1) is 11.8 Å². The normalized spacial score (nSPS) is 19.8. The minimum absolute atomic E-state index is 0.273. The topological polar surface area (TPSA) is 97.8 Å². The summed E-state index contributed by atoms with van der Waals surface area (Å²) in [6.45, 7) is 0.00771. The molecule has 8 nitrogen and oxygen atoms in total. The molecular weight excluding hydrogens is 398 g/mol. The van der Waals surface area contributed by atoms with Gasteiger partial charge in [0, 0.05) is 24.1 Å². The van der Waals surface area contributed by atoms with Gasteiger partial charge in [0.1, 0.15) is 13.2 Å². The Balaban J connectivity index is 1.41. The first-order valence-corrected chi connectivity index (χ1v) is 10.1. The maximum atomic E-state index is 12.6. The van der Waals surface area contributed by atoms with Gasteiger partial charge in [0.05, 0.1) is 18.9 Å². The summed E-state index contributed by atoms with van der Waals surface area (Å²) >= 11 is 0. The van der Waals surface area contributed by atoms with E-state index in [0.717, 1.165) is 10.5 Å². The number of nitrogens with zero attached hydrogens (tertiary/aromatic N) is 2. The third kappa shape index (κ3) is 4.42. The molecule has 0 saturated carbocycles. The fourth-order valence-corrected chi connectivity index (χ4v) is 3.88. The molecule has 2 heterocycles. The minimum Gasteiger partial charge on any atom is -0.493 e. The first kappa shape index (κ1) is 20.6. The monoisotopic (exact) mass is 421 g/mol. The molecule has 1 aromatic heterocycles. The van der Waals surface area contributed by atoms with E-state index in [1.807, 2.05) is 24.3 Å². The number of imide groups is 1. The zero-order chi connectivity index (χ0) is 21.8. The van der Waals surface area contributed by atoms with E-state index in [1.165, 1.54) is 7.11 Å². The van der Waals surface area contributed by atoms with Crippen LogP contribution in [-0.2, 0) is 21.0 Å². The number of nitrogens with one attached hydrogen (secondary N) is 1. The summed E-state index contributed by atoms with van der Waals surface area (Å²) in [5, 5.41) is 2.73. The Kier molecular flexibility index (Phi) is 5.97. The largest absolute Gasteiger partial charge is 0.493 e. The molecule has 1 aliphatic carbocycles. The van der Waals surface area contributed by atoms with Crippen molar-refractivity contribution < 1.29 is 23.9 Å². The second kappa shape index (κ2) is 8.99. The molecule has 1 saturated heterocycles. The molecular formula is C23H23N3O5. The number of rotatable bonds is 7. The highest BCUT2D eigenvalue weighted by atomic mass is 16.5. The van der Waals surface area contributed by atoms with Gasteiger partial charge in [-0.1, -0.05) is 12.2 Å². The first-order valence-electron chi connectivity index (χ1n) is 10.1. The van der Waals surface area contributed by atoms with Crippen molar-refractivity contribution in [3.63, 3.8) is 0 Å². The summed E-state index contributed by atoms with van der Waals surface area (Å²) in [6.07, 6.45) is 8.29. The Bertz CT molecular complexity index is 995. The lowest BCUT2D eigenvalue weighted by atomic mass is 9.85. The Morgan fingerprint density at radius 1 is 1.06 bits per heavy atom. The van der Waals surface area contributed by atoms with Crippen molar-refractivity contribution in [1.29, 1.82) is 0 Å². The minimum atomic E-state index is -0.446. The number of ether oxygens (including phenoxy) is 2. The average Bonchev–Trinajstić information content (AvgIpc) is 3.03. The standard InChI is InChI=1S/C23H23N3O5/c1-30-19-7-6-16(12-20(19)31-14-15-8-10-24-11-9-15)25-21(27)13-26-22(28)17-4-2-3-5-18(17)23(26)29/h2-3,6-12,17-18H,4-5,13-14H2,1H3,(H,25,27). The zero-order valence-corrected chi connectivity index (χ0v) is 17.1. The highest BCUT2D eigenvalue weighted by Crippen LogP contribution is 2.35. The van der Waals surface area contributed by atoms with Gasteiger partial charge in [0.25, 0.3) is 0 Å². The lowest BCUT2D eigenvalue weighted by Crippen LogP contribution is -2.38. The molecule has 3 amide bonds. The van der Waals surface area contributed by atoms with Crippen LogP contribution in [-0.4, -0.2) is 41.3 Å². The molecule has 0 bridgehead atoms. The summed E-state index contributed by atoms with van der Waals surface area (Å²) in [5.74, 6) is -0.704. The number of hydrogen-bond acceptors (Lipinski definition) is 6. The van der Waals surface area contributed by atoms with Gasteiger partial charge in [-0.15, -0.1) is 0 Å². The molecule has 8 heteroatoms. The summed E-state index contributed by atoms with van der Waals surface area (Å²) in [7, 11) is 1.53. The number of carbonyl (C=O) groups excluding carboxylic acids is 3. The highest BCUT2D eigenvalue weighted by molar-refractivity contribution is 6.08. The SMILES string of the molecule is COc1ccc(NC(=O)CN2C(=O)C3CC=CCC3C2=O)cc1OCc1ccncc1.